The average Bonchev–Trinajstić information content (AvgIpc) is 3.15. The minimum absolute atomic E-state index is 0.459. The van der Waals surface area contributed by atoms with Crippen LogP contribution in [-0.2, 0) is 13.1 Å². The molecule has 1 saturated heterocycles. The predicted molar refractivity (Wildman–Crippen MR) is 135 cm³/mol. The number of nitrogens with zero attached hydrogens (tertiary/aromatic N) is 2. The van der Waals surface area contributed by atoms with Crippen LogP contribution < -0.4 is 9.80 Å². The van der Waals surface area contributed by atoms with Crippen LogP contribution in [0, 0.1) is 0 Å². The maximum absolute atomic E-state index is 6.64. The molecule has 0 radical (unpaired) electrons. The molecule has 1 aliphatic rings. The van der Waals surface area contributed by atoms with Crippen molar-refractivity contribution in [3.8, 4) is 0 Å². The molecule has 3 rings (SSSR count). The first-order valence-corrected chi connectivity index (χ1v) is 13.4. The van der Waals surface area contributed by atoms with Crippen molar-refractivity contribution in [3.05, 3.63) is 58.7 Å². The van der Waals surface area contributed by atoms with Crippen molar-refractivity contribution in [2.24, 2.45) is 0 Å². The molecule has 0 saturated carbocycles. The molecule has 0 amide bonds. The first-order valence-electron chi connectivity index (χ1n) is 11.6. The molecule has 0 atom stereocenters. The average molecular weight is 485 g/mol. The minimum atomic E-state index is 0.459. The third-order valence-electron chi connectivity index (χ3n) is 6.24. The van der Waals surface area contributed by atoms with Gasteiger partial charge in [-0.1, -0.05) is 0 Å². The van der Waals surface area contributed by atoms with Crippen molar-refractivity contribution >= 4 is 26.3 Å². The molecule has 2 aromatic carbocycles. The van der Waals surface area contributed by atoms with Gasteiger partial charge in [0.15, 0.2) is 0 Å². The van der Waals surface area contributed by atoms with Gasteiger partial charge in [-0.05, 0) is 0 Å². The molecule has 0 unspecified atom stereocenters. The summed E-state index contributed by atoms with van der Waals surface area (Å²) < 4.78 is 1.15. The molecule has 0 N–H and O–H groups in total. The Morgan fingerprint density at radius 2 is 0.903 bits per heavy atom. The number of halogens is 1. The Balaban J connectivity index is 2.18. The second-order valence-corrected chi connectivity index (χ2v) is 10.9. The number of benzene rings is 2. The Morgan fingerprint density at radius 3 is 1.13 bits per heavy atom. The molecule has 173 valence electrons. The summed E-state index contributed by atoms with van der Waals surface area (Å²) >= 11 is 1.15. The first kappa shape index (κ1) is 24.3. The summed E-state index contributed by atoms with van der Waals surface area (Å²) in [6, 6.07) is 13.6. The van der Waals surface area contributed by atoms with Crippen molar-refractivity contribution in [2.45, 2.75) is 79.1 Å². The fourth-order valence-electron chi connectivity index (χ4n) is 4.62. The summed E-state index contributed by atoms with van der Waals surface area (Å²) in [4.78, 5) is 4.97. The van der Waals surface area contributed by atoms with Crippen LogP contribution in [0.15, 0.2) is 36.4 Å². The second-order valence-electron chi connectivity index (χ2n) is 9.79. The molecule has 0 aromatic heterocycles. The molecular formula is C27H38ClN2Ni. The van der Waals surface area contributed by atoms with Crippen LogP contribution in [0.3, 0.4) is 0 Å². The second kappa shape index (κ2) is 10.1. The molecule has 0 bridgehead atoms. The van der Waals surface area contributed by atoms with Crippen LogP contribution in [0.25, 0.3) is 0 Å². The molecule has 0 aliphatic carbocycles. The quantitative estimate of drug-likeness (QED) is 0.385. The number of rotatable bonds is 6. The zero-order valence-electron chi connectivity index (χ0n) is 20.3. The predicted octanol–water partition coefficient (Wildman–Crippen LogP) is 7.83. The zero-order chi connectivity index (χ0) is 22.9. The third kappa shape index (κ3) is 4.74. The van der Waals surface area contributed by atoms with Gasteiger partial charge >= 0.3 is 200 Å². The number of hydrogen-bond acceptors (Lipinski definition) is 2. The van der Waals surface area contributed by atoms with Crippen LogP contribution in [0.2, 0.25) is 0 Å². The van der Waals surface area contributed by atoms with E-state index in [0.717, 1.165) is 30.9 Å². The molecule has 1 aliphatic heterocycles. The summed E-state index contributed by atoms with van der Waals surface area (Å²) in [7, 11) is 6.64. The Labute approximate surface area is 199 Å². The van der Waals surface area contributed by atoms with E-state index < -0.39 is 0 Å². The van der Waals surface area contributed by atoms with Crippen molar-refractivity contribution in [1.82, 2.24) is 0 Å². The molecule has 2 aromatic rings. The van der Waals surface area contributed by atoms with Crippen molar-refractivity contribution < 1.29 is 13.1 Å². The van der Waals surface area contributed by atoms with E-state index >= 15 is 0 Å². The van der Waals surface area contributed by atoms with E-state index in [1.807, 2.05) is 0 Å². The molecular weight excluding hydrogens is 446 g/mol. The van der Waals surface area contributed by atoms with E-state index in [0.29, 0.717) is 23.7 Å². The van der Waals surface area contributed by atoms with Gasteiger partial charge in [0.05, 0.1) is 0 Å². The van der Waals surface area contributed by atoms with Crippen LogP contribution in [0.1, 0.15) is 101 Å². The summed E-state index contributed by atoms with van der Waals surface area (Å²) in [5, 5.41) is 0. The van der Waals surface area contributed by atoms with Gasteiger partial charge in [0.25, 0.3) is 0 Å². The van der Waals surface area contributed by atoms with Crippen LogP contribution in [0.5, 0.6) is 0 Å². The SMILES string of the molecule is CC(C)c1cccc(C(C)C)c1N1CCN(c2c(C(C)C)cccc2C(C)C)[C]1=[Ni][Cl]. The monoisotopic (exact) mass is 483 g/mol. The normalized spacial score (nSPS) is 14.9. The Bertz CT molecular complexity index is 820. The molecule has 0 spiro atoms. The van der Waals surface area contributed by atoms with Gasteiger partial charge < -0.3 is 0 Å². The van der Waals surface area contributed by atoms with Crippen molar-refractivity contribution in [1.29, 1.82) is 0 Å². The standard InChI is InChI=1S/C27H38N2.ClH.Ni/c1-18(2)22-11-9-12-23(19(3)4)26(22)28-15-16-29(17-28)27-24(20(5)6)13-10-14-25(27)21(7)8;;/h9-14,18-21H,15-16H2,1-8H3;1H;/q;;+1/p-1. The Hall–Kier alpha value is -1.31. The third-order valence-corrected chi connectivity index (χ3v) is 7.38. The Morgan fingerprint density at radius 1 is 0.613 bits per heavy atom. The van der Waals surface area contributed by atoms with Gasteiger partial charge in [-0.2, -0.15) is 0 Å². The van der Waals surface area contributed by atoms with Gasteiger partial charge in [0, 0.05) is 0 Å². The Kier molecular flexibility index (Phi) is 7.92. The van der Waals surface area contributed by atoms with E-state index in [2.05, 4.69) is 102 Å². The summed E-state index contributed by atoms with van der Waals surface area (Å²) in [5.41, 5.74) is 8.33. The van der Waals surface area contributed by atoms with Crippen LogP contribution >= 0.6 is 10.2 Å². The van der Waals surface area contributed by atoms with Crippen LogP contribution in [-0.4, -0.2) is 17.8 Å². The van der Waals surface area contributed by atoms with Crippen molar-refractivity contribution in [3.63, 3.8) is 0 Å². The molecule has 4 heteroatoms. The number of para-hydroxylation sites is 2. The topological polar surface area (TPSA) is 6.48 Å². The van der Waals surface area contributed by atoms with E-state index in [4.69, 9.17) is 10.2 Å². The summed E-state index contributed by atoms with van der Waals surface area (Å²) in [6.45, 7) is 20.2. The molecule has 31 heavy (non-hydrogen) atoms. The summed E-state index contributed by atoms with van der Waals surface area (Å²) in [6.07, 6.45) is 0. The van der Waals surface area contributed by atoms with Gasteiger partial charge in [0.1, 0.15) is 0 Å². The number of anilines is 2. The molecule has 1 fully saturated rings. The fourth-order valence-corrected chi connectivity index (χ4v) is 5.80. The van der Waals surface area contributed by atoms with Gasteiger partial charge in [-0.15, -0.1) is 0 Å². The van der Waals surface area contributed by atoms with Crippen LogP contribution in [0.4, 0.5) is 11.4 Å². The first-order chi connectivity index (χ1) is 14.7. The fraction of sp³-hybridized carbons (Fsp3) is 0.519. The van der Waals surface area contributed by atoms with Gasteiger partial charge in [-0.3, -0.25) is 0 Å². The van der Waals surface area contributed by atoms with E-state index in [1.165, 1.54) is 33.6 Å². The molecule has 1 heterocycles. The number of hydrogen-bond donors (Lipinski definition) is 0. The van der Waals surface area contributed by atoms with Gasteiger partial charge in [0.2, 0.25) is 0 Å². The summed E-state index contributed by atoms with van der Waals surface area (Å²) in [5.74, 6) is 1.84. The van der Waals surface area contributed by atoms with Gasteiger partial charge in [-0.25, -0.2) is 0 Å². The van der Waals surface area contributed by atoms with E-state index in [1.54, 1.807) is 0 Å². The zero-order valence-corrected chi connectivity index (χ0v) is 22.0. The molecule has 2 nitrogen and oxygen atoms in total. The van der Waals surface area contributed by atoms with E-state index in [-0.39, 0.29) is 0 Å². The maximum atomic E-state index is 6.64. The van der Waals surface area contributed by atoms with Crippen molar-refractivity contribution in [2.75, 3.05) is 22.9 Å². The van der Waals surface area contributed by atoms with E-state index in [9.17, 15) is 0 Å².